The number of hydrogen-bond donors (Lipinski definition) is 14. The fraction of sp³-hybridized carbons (Fsp3) is 0.648. The first-order chi connectivity index (χ1) is 63.8. The second kappa shape index (κ2) is 52.5. The van der Waals surface area contributed by atoms with Crippen LogP contribution in [0.5, 0.6) is 17.2 Å². The van der Waals surface area contributed by atoms with Crippen LogP contribution in [0.25, 0.3) is 0 Å². The molecule has 2 bridgehead atoms. The Morgan fingerprint density at radius 2 is 1.50 bits per heavy atom. The molecule has 0 radical (unpaired) electrons. The molecule has 9 rings (SSSR count). The average molecular weight is 2070 g/mol. The molecule has 38 nitrogen and oxygen atoms in total. The normalized spacial score (nSPS) is 28.5. The number of halogens is 1. The number of alkyl carbamates (subject to hydrolysis) is 1. The van der Waals surface area contributed by atoms with Crippen molar-refractivity contribution < 1.29 is 135 Å². The second-order valence-corrected chi connectivity index (χ2v) is 40.6. The summed E-state index contributed by atoms with van der Waals surface area (Å²) in [6.07, 6.45) is -8.88. The molecular weight excluding hydrogens is 1940 g/mol. The van der Waals surface area contributed by atoms with Gasteiger partial charge in [-0.15, -0.1) is 0 Å². The highest BCUT2D eigenvalue weighted by molar-refractivity contribution is 14.1. The van der Waals surface area contributed by atoms with E-state index in [9.17, 15) is 73.5 Å². The summed E-state index contributed by atoms with van der Waals surface area (Å²) >= 11 is 4.16. The second-order valence-electron chi connectivity index (χ2n) is 34.3. The van der Waals surface area contributed by atoms with Crippen LogP contribution in [0.4, 0.5) is 15.3 Å². The van der Waals surface area contributed by atoms with Crippen LogP contribution in [0.2, 0.25) is 0 Å². The van der Waals surface area contributed by atoms with Crippen molar-refractivity contribution in [1.29, 1.82) is 0 Å². The van der Waals surface area contributed by atoms with Crippen LogP contribution >= 0.6 is 67.7 Å². The van der Waals surface area contributed by atoms with Gasteiger partial charge in [-0.05, 0) is 163 Å². The minimum Gasteiger partial charge on any atom is -0.492 e. The van der Waals surface area contributed by atoms with Gasteiger partial charge in [-0.2, -0.15) is 17.2 Å². The van der Waals surface area contributed by atoms with Crippen molar-refractivity contribution in [2.24, 2.45) is 11.7 Å². The number of likely N-dealkylation sites (N-methyl/N-ethyl adjacent to an activating group) is 1. The molecule has 5 aliphatic heterocycles. The number of aliphatic hydroxyl groups excluding tert-OH is 4. The maximum absolute atomic E-state index is 14.6. The number of hydroxylamine groups is 1. The minimum atomic E-state index is -2.03. The fourth-order valence-electron chi connectivity index (χ4n) is 16.2. The smallest absolute Gasteiger partial charge is 0.407 e. The number of imide groups is 1. The molecule has 0 saturated carbocycles. The molecule has 5 fully saturated rings. The number of unbranched alkanes of at least 4 members (excludes halogenated alkanes) is 2. The average Bonchev–Trinajstić information content (AvgIpc) is 0.934. The molecule has 5 heterocycles. The Morgan fingerprint density at radius 3 is 2.17 bits per heavy atom. The van der Waals surface area contributed by atoms with Gasteiger partial charge in [-0.3, -0.25) is 48.1 Å². The van der Waals surface area contributed by atoms with E-state index in [1.54, 1.807) is 92.2 Å². The van der Waals surface area contributed by atoms with Crippen LogP contribution in [0.1, 0.15) is 161 Å². The summed E-state index contributed by atoms with van der Waals surface area (Å²) in [6, 6.07) is 2.26. The monoisotopic (exact) mass is 2060 g/mol. The van der Waals surface area contributed by atoms with Crippen molar-refractivity contribution in [3.8, 4) is 40.9 Å². The molecule has 742 valence electrons. The van der Waals surface area contributed by atoms with Crippen molar-refractivity contribution in [3.05, 3.63) is 79.5 Å². The van der Waals surface area contributed by atoms with E-state index in [0.717, 1.165) is 11.8 Å². The third-order valence-corrected chi connectivity index (χ3v) is 30.5. The highest BCUT2D eigenvalue weighted by Crippen LogP contribution is 2.50. The maximum atomic E-state index is 14.6. The zero-order valence-corrected chi connectivity index (χ0v) is 83.5. The molecule has 22 atom stereocenters. The van der Waals surface area contributed by atoms with Gasteiger partial charge in [-0.25, -0.2) is 9.59 Å². The number of hydrogen-bond acceptors (Lipinski definition) is 34. The SMILES string of the molecule is CCN[C@H]1CO[C@@H](O[C@H]2[C@H](O[C@H]3C#C/C=C\C#C[C@]4(O)CC(=O)C(C)=C3/C4=C\CSSC(C)(C)CCC(=O)NCCNC(=O)OCc3ccc(NC(=O)[C@H](CCCNC(N)=O)NC(=O)[C@@H](NC(=O)CCCCCN4C(=O)CC(SC)C4=O)C(C)C)cc3)O[C@H](C)[C@@H](NO[C@H]3C[C@H](O)[C@H](SC(=O)c4c(C)c(I)c(O[C@@H]5O[C@@H](C)[C@H](O)[C@@H](OC)[C@H]5O)c(OC)c4OC)[C@@H](C)O3)[C@@H]2O)C[C@@H]1OC. The summed E-state index contributed by atoms with van der Waals surface area (Å²) in [5.74, 6) is 9.20. The number of carbonyl (C=O) groups is 10. The van der Waals surface area contributed by atoms with Crippen LogP contribution in [-0.4, -0.2) is 306 Å². The molecule has 7 aliphatic rings. The summed E-state index contributed by atoms with van der Waals surface area (Å²) in [6.45, 7) is 18.8. The number of benzene rings is 2. The Hall–Kier alpha value is -7.43. The summed E-state index contributed by atoms with van der Waals surface area (Å²) in [7, 11) is 8.57. The number of allylic oxidation sites excluding steroid dienone is 3. The summed E-state index contributed by atoms with van der Waals surface area (Å²) in [5.41, 5.74) is 8.33. The Balaban J connectivity index is 0.760. The van der Waals surface area contributed by atoms with Crippen LogP contribution in [0.15, 0.2) is 59.2 Å². The first kappa shape index (κ1) is 110. The van der Waals surface area contributed by atoms with E-state index < -0.39 is 161 Å². The Labute approximate surface area is 811 Å². The molecule has 0 spiro atoms. The van der Waals surface area contributed by atoms with E-state index in [1.165, 1.54) is 71.7 Å². The number of nitrogens with one attached hydrogen (secondary N) is 8. The summed E-state index contributed by atoms with van der Waals surface area (Å²) in [5, 5.41) is 76.9. The molecule has 2 aromatic carbocycles. The number of ether oxygens (including phenoxy) is 12. The highest BCUT2D eigenvalue weighted by atomic mass is 127. The fourth-order valence-corrected chi connectivity index (χ4v) is 21.0. The lowest BCUT2D eigenvalue weighted by Crippen LogP contribution is -2.65. The number of nitrogens with two attached hydrogens (primary N) is 1. The number of aliphatic hydroxyl groups is 5. The number of thioether (sulfide) groups is 2. The van der Waals surface area contributed by atoms with E-state index >= 15 is 0 Å². The van der Waals surface area contributed by atoms with Crippen LogP contribution < -0.4 is 62.6 Å². The Kier molecular flexibility index (Phi) is 43.2. The van der Waals surface area contributed by atoms with E-state index in [4.69, 9.17) is 67.4 Å². The van der Waals surface area contributed by atoms with Crippen molar-refractivity contribution in [2.45, 2.75) is 290 Å². The van der Waals surface area contributed by atoms with Gasteiger partial charge < -0.3 is 125 Å². The molecule has 1 unspecified atom stereocenters. The number of amides is 9. The molecule has 134 heavy (non-hydrogen) atoms. The lowest BCUT2D eigenvalue weighted by molar-refractivity contribution is -0.336. The van der Waals surface area contributed by atoms with E-state index in [0.29, 0.717) is 52.6 Å². The molecular formula is C91H129IN10O28S4. The number of anilines is 1. The zero-order valence-electron chi connectivity index (χ0n) is 78.0. The van der Waals surface area contributed by atoms with Crippen LogP contribution in [0.3, 0.4) is 0 Å². The molecule has 0 aromatic heterocycles. The predicted octanol–water partition coefficient (Wildman–Crippen LogP) is 5.29. The Bertz CT molecular complexity index is 4640. The van der Waals surface area contributed by atoms with Gasteiger partial charge in [0.2, 0.25) is 52.6 Å². The van der Waals surface area contributed by atoms with Crippen molar-refractivity contribution in [3.63, 3.8) is 0 Å². The van der Waals surface area contributed by atoms with Crippen LogP contribution in [-0.2, 0) is 87.6 Å². The lowest BCUT2D eigenvalue weighted by Gasteiger charge is -2.46. The maximum Gasteiger partial charge on any atom is 0.407 e. The lowest BCUT2D eigenvalue weighted by atomic mass is 9.74. The van der Waals surface area contributed by atoms with Crippen LogP contribution in [0, 0.1) is 40.1 Å². The first-order valence-corrected chi connectivity index (χ1v) is 50.2. The number of methoxy groups -OCH3 is 4. The van der Waals surface area contributed by atoms with Gasteiger partial charge in [0.05, 0.1) is 89.5 Å². The van der Waals surface area contributed by atoms with Crippen molar-refractivity contribution in [2.75, 3.05) is 85.1 Å². The standard InChI is InChI=1S/C91H129IN10O28S4/c1-16-94-57-46-122-66(42-61(57)118-11)128-79-74(109)72(101-130-67-41-58(103)81(52(8)124-67)133-85(114)69-49(5)70(92)77(80(121-14)76(69)119-12)129-86-75(110)78(120-13)73(108)51(7)126-86)50(6)125-87(79)127-60-26-20-17-18-22-34-91(117)44-59(104)48(4)68(60)55(91)33-40-132-134-90(9,10)35-32-63(105)95-37-38-97-89(116)123-45-53-28-30-54(31-29-53)98-82(111)56(25-24-36-96-88(93)115)99-83(112)71(47(2)3)100-64(106)27-21-19-23-39-102-65(107)43-62(131-15)84(102)113/h17-18,28-31,33,47,50-52,56-58,60-62,66-67,71-75,78-79,81,86-87,94,101,103,108-110,117H,16,19,21,23-25,27,32,35-46H2,1-15H3,(H,95,105)(H,97,116)(H,98,111)(H,99,112)(H,100,106)(H3,93,96,115)/b18-17-,55-33+/t50-,51+,52-,56+,57+,58+,60+,61+,62?,66+,67+,71+,72-,73+,74+,75-,78-,79-,81-,86+,87+,91+/m1/s1. The minimum absolute atomic E-state index is 0.0118. The number of ketones is 1. The van der Waals surface area contributed by atoms with E-state index in [1.807, 2.05) is 43.4 Å². The molecule has 15 N–H and O–H groups in total. The first-order valence-electron chi connectivity index (χ1n) is 44.7. The Morgan fingerprint density at radius 1 is 0.784 bits per heavy atom. The van der Waals surface area contributed by atoms with Gasteiger partial charge in [-0.1, -0.05) is 102 Å². The number of urea groups is 1. The van der Waals surface area contributed by atoms with Gasteiger partial charge in [0.25, 0.3) is 0 Å². The summed E-state index contributed by atoms with van der Waals surface area (Å²) in [4.78, 5) is 139. The third kappa shape index (κ3) is 30.1. The molecule has 9 amide bonds. The molecule has 43 heteroatoms. The van der Waals surface area contributed by atoms with Gasteiger partial charge in [0.1, 0.15) is 55.3 Å². The number of carbonyl (C=O) groups excluding carboxylic acids is 10. The number of nitrogens with zero attached hydrogens (tertiary/aromatic N) is 1. The summed E-state index contributed by atoms with van der Waals surface area (Å²) < 4.78 is 73.2. The number of likely N-dealkylation sites (tertiary alicyclic amines) is 1. The van der Waals surface area contributed by atoms with E-state index in [-0.39, 0.29) is 177 Å². The van der Waals surface area contributed by atoms with Crippen molar-refractivity contribution in [1.82, 2.24) is 42.3 Å². The number of primary amides is 1. The van der Waals surface area contributed by atoms with Gasteiger partial charge >= 0.3 is 12.1 Å². The van der Waals surface area contributed by atoms with Gasteiger partial charge in [0.15, 0.2) is 41.8 Å². The number of rotatable bonds is 46. The molecule has 5 saturated heterocycles. The number of Topliss-reactive ketones (excluding diaryl/α,β-unsaturated/α-hetero) is 1. The quantitative estimate of drug-likeness (QED) is 0.00999. The van der Waals surface area contributed by atoms with E-state index in [2.05, 4.69) is 66.4 Å². The number of fused-ring (bicyclic) bond motifs is 2. The molecule has 2 aromatic rings. The van der Waals surface area contributed by atoms with Gasteiger partial charge in [0, 0.05) is 99.8 Å². The topological polar surface area (TPSA) is 517 Å². The predicted molar refractivity (Wildman–Crippen MR) is 508 cm³/mol. The highest BCUT2D eigenvalue weighted by Gasteiger charge is 2.53. The molecule has 2 aliphatic carbocycles. The third-order valence-electron chi connectivity index (χ3n) is 23.7. The zero-order chi connectivity index (χ0) is 98.0. The van der Waals surface area contributed by atoms with Crippen molar-refractivity contribution >= 4 is 132 Å². The largest absolute Gasteiger partial charge is 0.492 e.